The zero-order chi connectivity index (χ0) is 20.5. The van der Waals surface area contributed by atoms with E-state index in [2.05, 4.69) is 20.4 Å². The Morgan fingerprint density at radius 1 is 1.32 bits per heavy atom. The molecule has 3 rings (SSSR count). The van der Waals surface area contributed by atoms with Gasteiger partial charge >= 0.3 is 12.3 Å². The second-order valence-corrected chi connectivity index (χ2v) is 7.69. The van der Waals surface area contributed by atoms with Crippen LogP contribution in [-0.4, -0.2) is 50.4 Å². The van der Waals surface area contributed by atoms with Gasteiger partial charge in [0.1, 0.15) is 17.7 Å². The van der Waals surface area contributed by atoms with Crippen LogP contribution < -0.4 is 10.2 Å². The van der Waals surface area contributed by atoms with Crippen LogP contribution in [0.4, 0.5) is 23.8 Å². The van der Waals surface area contributed by atoms with E-state index >= 15 is 0 Å². The molecular weight excluding hydrogens is 377 g/mol. The minimum Gasteiger partial charge on any atom is -0.444 e. The molecule has 1 aliphatic heterocycles. The van der Waals surface area contributed by atoms with Crippen molar-refractivity contribution in [2.45, 2.75) is 57.9 Å². The van der Waals surface area contributed by atoms with E-state index in [9.17, 15) is 18.0 Å². The molecule has 1 fully saturated rings. The predicted octanol–water partition coefficient (Wildman–Crippen LogP) is 3.03. The van der Waals surface area contributed by atoms with Crippen LogP contribution in [0.15, 0.2) is 12.4 Å². The molecule has 11 heteroatoms. The number of alkyl carbamates (subject to hydrolysis) is 1. The molecule has 0 aromatic carbocycles. The Bertz CT molecular complexity index is 846. The van der Waals surface area contributed by atoms with E-state index in [1.807, 2.05) is 4.90 Å². The minimum atomic E-state index is -4.59. The van der Waals surface area contributed by atoms with Crippen LogP contribution in [0, 0.1) is 0 Å². The van der Waals surface area contributed by atoms with Crippen LogP contribution in [0.2, 0.25) is 0 Å². The summed E-state index contributed by atoms with van der Waals surface area (Å²) in [6, 6.07) is 0.783. The lowest BCUT2D eigenvalue weighted by atomic mass is 10.0. The SMILES string of the molecule is CC(C)(C)OC(=O)NCC1CCCCN1c1cc(C(F)(F)F)nc2ncnn12. The molecule has 0 radical (unpaired) electrons. The second kappa shape index (κ2) is 7.44. The number of fused-ring (bicyclic) bond motifs is 1. The van der Waals surface area contributed by atoms with E-state index < -0.39 is 23.6 Å². The highest BCUT2D eigenvalue weighted by Gasteiger charge is 2.36. The monoisotopic (exact) mass is 400 g/mol. The van der Waals surface area contributed by atoms with Crippen molar-refractivity contribution >= 4 is 17.7 Å². The molecule has 2 aromatic heterocycles. The molecule has 1 N–H and O–H groups in total. The summed E-state index contributed by atoms with van der Waals surface area (Å²) in [4.78, 5) is 21.1. The molecule has 0 saturated carbocycles. The van der Waals surface area contributed by atoms with Gasteiger partial charge in [-0.3, -0.25) is 0 Å². The number of ether oxygens (including phenoxy) is 1. The lowest BCUT2D eigenvalue weighted by Crippen LogP contribution is -2.48. The highest BCUT2D eigenvalue weighted by molar-refractivity contribution is 5.67. The molecule has 1 amide bonds. The topological polar surface area (TPSA) is 84.6 Å². The number of aromatic nitrogens is 4. The van der Waals surface area contributed by atoms with Gasteiger partial charge in [0, 0.05) is 25.2 Å². The normalized spacial score (nSPS) is 18.4. The first-order valence-corrected chi connectivity index (χ1v) is 9.06. The molecule has 0 spiro atoms. The maximum absolute atomic E-state index is 13.3. The summed E-state index contributed by atoms with van der Waals surface area (Å²) in [5.41, 5.74) is -1.65. The maximum atomic E-state index is 13.3. The molecule has 0 aliphatic carbocycles. The maximum Gasteiger partial charge on any atom is 0.433 e. The number of halogens is 3. The number of carbonyl (C=O) groups is 1. The van der Waals surface area contributed by atoms with Gasteiger partial charge in [-0.25, -0.2) is 9.78 Å². The number of hydrogen-bond acceptors (Lipinski definition) is 6. The largest absolute Gasteiger partial charge is 0.444 e. The Kier molecular flexibility index (Phi) is 5.35. The average Bonchev–Trinajstić information content (AvgIpc) is 3.06. The Balaban J connectivity index is 1.86. The van der Waals surface area contributed by atoms with Crippen LogP contribution in [-0.2, 0) is 10.9 Å². The van der Waals surface area contributed by atoms with Crippen LogP contribution in [0.5, 0.6) is 0 Å². The van der Waals surface area contributed by atoms with Gasteiger partial charge in [0.2, 0.25) is 0 Å². The van der Waals surface area contributed by atoms with E-state index in [1.54, 1.807) is 20.8 Å². The van der Waals surface area contributed by atoms with E-state index in [-0.39, 0.29) is 24.2 Å². The molecule has 28 heavy (non-hydrogen) atoms. The summed E-state index contributed by atoms with van der Waals surface area (Å²) in [5.74, 6) is 0.139. The van der Waals surface area contributed by atoms with Crippen LogP contribution in [0.1, 0.15) is 45.7 Å². The van der Waals surface area contributed by atoms with Crippen LogP contribution in [0.3, 0.4) is 0 Å². The van der Waals surface area contributed by atoms with Gasteiger partial charge in [-0.2, -0.15) is 27.8 Å². The van der Waals surface area contributed by atoms with E-state index in [1.165, 1.54) is 10.8 Å². The summed E-state index contributed by atoms with van der Waals surface area (Å²) < 4.78 is 46.3. The quantitative estimate of drug-likeness (QED) is 0.853. The fourth-order valence-corrected chi connectivity index (χ4v) is 3.18. The number of nitrogens with one attached hydrogen (secondary N) is 1. The zero-order valence-electron chi connectivity index (χ0n) is 16.0. The first-order valence-electron chi connectivity index (χ1n) is 9.06. The number of piperidine rings is 1. The first-order chi connectivity index (χ1) is 13.0. The van der Waals surface area contributed by atoms with Crippen molar-refractivity contribution in [2.75, 3.05) is 18.0 Å². The zero-order valence-corrected chi connectivity index (χ0v) is 16.0. The van der Waals surface area contributed by atoms with Crippen molar-refractivity contribution in [1.29, 1.82) is 0 Å². The predicted molar refractivity (Wildman–Crippen MR) is 95.0 cm³/mol. The van der Waals surface area contributed by atoms with Crippen LogP contribution in [0.25, 0.3) is 5.78 Å². The van der Waals surface area contributed by atoms with Gasteiger partial charge in [-0.05, 0) is 40.0 Å². The Morgan fingerprint density at radius 3 is 2.75 bits per heavy atom. The van der Waals surface area contributed by atoms with Crippen molar-refractivity contribution in [3.05, 3.63) is 18.1 Å². The molecule has 1 atom stereocenters. The minimum absolute atomic E-state index is 0.116. The van der Waals surface area contributed by atoms with Crippen molar-refractivity contribution in [3.63, 3.8) is 0 Å². The molecule has 154 valence electrons. The highest BCUT2D eigenvalue weighted by atomic mass is 19.4. The third-order valence-corrected chi connectivity index (χ3v) is 4.33. The molecule has 0 bridgehead atoms. The summed E-state index contributed by atoms with van der Waals surface area (Å²) in [7, 11) is 0. The fourth-order valence-electron chi connectivity index (χ4n) is 3.18. The van der Waals surface area contributed by atoms with Crippen molar-refractivity contribution in [3.8, 4) is 0 Å². The first kappa shape index (κ1) is 20.2. The molecular formula is C17H23F3N6O2. The lowest BCUT2D eigenvalue weighted by Gasteiger charge is -2.37. The Hall–Kier alpha value is -2.59. The summed E-state index contributed by atoms with van der Waals surface area (Å²) in [6.07, 6.45) is -1.53. The van der Waals surface area contributed by atoms with Gasteiger partial charge in [-0.1, -0.05) is 0 Å². The molecule has 1 aliphatic rings. The summed E-state index contributed by atoms with van der Waals surface area (Å²) in [6.45, 7) is 6.06. The summed E-state index contributed by atoms with van der Waals surface area (Å²) in [5, 5.41) is 6.73. The molecule has 1 saturated heterocycles. The van der Waals surface area contributed by atoms with Gasteiger partial charge in [0.05, 0.1) is 0 Å². The number of carbonyl (C=O) groups excluding carboxylic acids is 1. The van der Waals surface area contributed by atoms with Gasteiger partial charge < -0.3 is 15.0 Å². The number of anilines is 1. The number of nitrogens with zero attached hydrogens (tertiary/aromatic N) is 5. The van der Waals surface area contributed by atoms with Gasteiger partial charge in [0.15, 0.2) is 5.69 Å². The van der Waals surface area contributed by atoms with E-state index in [0.717, 1.165) is 25.3 Å². The number of hydrogen-bond donors (Lipinski definition) is 1. The van der Waals surface area contributed by atoms with Crippen molar-refractivity contribution in [2.24, 2.45) is 0 Å². The van der Waals surface area contributed by atoms with Crippen molar-refractivity contribution in [1.82, 2.24) is 24.9 Å². The third-order valence-electron chi connectivity index (χ3n) is 4.33. The Morgan fingerprint density at radius 2 is 2.07 bits per heavy atom. The van der Waals surface area contributed by atoms with Crippen LogP contribution >= 0.6 is 0 Å². The Labute approximate surface area is 160 Å². The van der Waals surface area contributed by atoms with Crippen molar-refractivity contribution < 1.29 is 22.7 Å². The van der Waals surface area contributed by atoms with E-state index in [4.69, 9.17) is 4.74 Å². The number of rotatable bonds is 3. The third kappa shape index (κ3) is 4.63. The highest BCUT2D eigenvalue weighted by Crippen LogP contribution is 2.32. The molecule has 3 heterocycles. The second-order valence-electron chi connectivity index (χ2n) is 7.69. The summed E-state index contributed by atoms with van der Waals surface area (Å²) >= 11 is 0. The lowest BCUT2D eigenvalue weighted by molar-refractivity contribution is -0.141. The number of alkyl halides is 3. The fraction of sp³-hybridized carbons (Fsp3) is 0.647. The molecule has 2 aromatic rings. The van der Waals surface area contributed by atoms with E-state index in [0.29, 0.717) is 6.54 Å². The van der Waals surface area contributed by atoms with Gasteiger partial charge in [-0.15, -0.1) is 0 Å². The standard InChI is InChI=1S/C17H23F3N6O2/c1-16(2,3)28-15(27)21-9-11-6-4-5-7-25(11)13-8-12(17(18,19)20)24-14-22-10-23-26(13)14/h8,10-11H,4-7,9H2,1-3H3,(H,21,27). The number of amides is 1. The smallest absolute Gasteiger partial charge is 0.433 e. The average molecular weight is 400 g/mol. The molecule has 8 nitrogen and oxygen atoms in total. The molecule has 1 unspecified atom stereocenters. The van der Waals surface area contributed by atoms with Gasteiger partial charge in [0.25, 0.3) is 5.78 Å².